The van der Waals surface area contributed by atoms with Crippen molar-refractivity contribution in [1.82, 2.24) is 4.98 Å². The Hall–Kier alpha value is -3.15. The number of aromatic nitrogens is 1. The van der Waals surface area contributed by atoms with Gasteiger partial charge in [-0.3, -0.25) is 9.78 Å². The van der Waals surface area contributed by atoms with Gasteiger partial charge in [0.15, 0.2) is 5.76 Å². The number of rotatable bonds is 5. The van der Waals surface area contributed by atoms with Crippen LogP contribution < -0.4 is 10.1 Å². The number of hydrogen-bond donors (Lipinski definition) is 1. The van der Waals surface area contributed by atoms with Crippen LogP contribution in [0.15, 0.2) is 65.3 Å². The Morgan fingerprint density at radius 1 is 1.09 bits per heavy atom. The summed E-state index contributed by atoms with van der Waals surface area (Å²) < 4.78 is 23.7. The van der Waals surface area contributed by atoms with E-state index >= 15 is 0 Å². The zero-order valence-corrected chi connectivity index (χ0v) is 12.0. The van der Waals surface area contributed by atoms with Gasteiger partial charge in [-0.25, -0.2) is 4.39 Å². The number of nitrogens with zero attached hydrogens (tertiary/aromatic N) is 1. The minimum Gasteiger partial charge on any atom is -0.486 e. The van der Waals surface area contributed by atoms with E-state index in [4.69, 9.17) is 9.15 Å². The van der Waals surface area contributed by atoms with Gasteiger partial charge in [0.25, 0.3) is 5.91 Å². The fourth-order valence-corrected chi connectivity index (χ4v) is 1.89. The van der Waals surface area contributed by atoms with Crippen LogP contribution in [0.4, 0.5) is 10.1 Å². The largest absolute Gasteiger partial charge is 0.486 e. The third-order valence-electron chi connectivity index (χ3n) is 3.02. The molecule has 0 aliphatic carbocycles. The van der Waals surface area contributed by atoms with Gasteiger partial charge in [0.1, 0.15) is 23.9 Å². The van der Waals surface area contributed by atoms with E-state index in [9.17, 15) is 9.18 Å². The topological polar surface area (TPSA) is 64.4 Å². The fraction of sp³-hybridized carbons (Fsp3) is 0.0588. The predicted octanol–water partition coefficient (Wildman–Crippen LogP) is 3.65. The Bertz CT molecular complexity index is 785. The number of carbonyl (C=O) groups is 1. The Labute approximate surface area is 131 Å². The van der Waals surface area contributed by atoms with Gasteiger partial charge in [-0.1, -0.05) is 0 Å². The molecule has 0 radical (unpaired) electrons. The Morgan fingerprint density at radius 2 is 1.83 bits per heavy atom. The average Bonchev–Trinajstić information content (AvgIpc) is 3.04. The number of halogens is 1. The second-order valence-electron chi connectivity index (χ2n) is 4.70. The summed E-state index contributed by atoms with van der Waals surface area (Å²) in [7, 11) is 0. The van der Waals surface area contributed by atoms with Crippen molar-refractivity contribution in [2.45, 2.75) is 6.61 Å². The minimum absolute atomic E-state index is 0.147. The summed E-state index contributed by atoms with van der Waals surface area (Å²) in [5.41, 5.74) is 0.630. The first-order valence-electron chi connectivity index (χ1n) is 6.89. The molecule has 0 bridgehead atoms. The molecule has 116 valence electrons. The van der Waals surface area contributed by atoms with Gasteiger partial charge in [-0.15, -0.1) is 0 Å². The molecular formula is C17H13FN2O3. The standard InChI is InChI=1S/C17H13FN2O3/c18-12-1-3-14(4-2-12)22-11-15-5-6-16(23-15)17(21)20-13-7-9-19-10-8-13/h1-10H,11H2,(H,19,20,21). The predicted molar refractivity (Wildman–Crippen MR) is 81.6 cm³/mol. The van der Waals surface area contributed by atoms with Crippen molar-refractivity contribution in [2.75, 3.05) is 5.32 Å². The lowest BCUT2D eigenvalue weighted by Crippen LogP contribution is -2.10. The highest BCUT2D eigenvalue weighted by atomic mass is 19.1. The Morgan fingerprint density at radius 3 is 2.57 bits per heavy atom. The van der Waals surface area contributed by atoms with Crippen LogP contribution >= 0.6 is 0 Å². The number of ether oxygens (including phenoxy) is 1. The molecule has 0 aliphatic heterocycles. The van der Waals surface area contributed by atoms with Crippen molar-refractivity contribution in [1.29, 1.82) is 0 Å². The van der Waals surface area contributed by atoms with E-state index in [1.165, 1.54) is 24.3 Å². The summed E-state index contributed by atoms with van der Waals surface area (Å²) in [6, 6.07) is 12.3. The smallest absolute Gasteiger partial charge is 0.291 e. The van der Waals surface area contributed by atoms with Crippen LogP contribution in [0.5, 0.6) is 5.75 Å². The molecule has 5 nitrogen and oxygen atoms in total. The second-order valence-corrected chi connectivity index (χ2v) is 4.70. The summed E-state index contributed by atoms with van der Waals surface area (Å²) in [6.07, 6.45) is 3.17. The fourth-order valence-electron chi connectivity index (χ4n) is 1.89. The molecule has 0 unspecified atom stereocenters. The van der Waals surface area contributed by atoms with E-state index < -0.39 is 0 Å². The quantitative estimate of drug-likeness (QED) is 0.781. The molecule has 0 spiro atoms. The molecular weight excluding hydrogens is 299 g/mol. The summed E-state index contributed by atoms with van der Waals surface area (Å²) in [6.45, 7) is 0.147. The molecule has 1 aromatic carbocycles. The molecule has 0 aliphatic rings. The highest BCUT2D eigenvalue weighted by molar-refractivity contribution is 6.02. The zero-order valence-electron chi connectivity index (χ0n) is 12.0. The number of furan rings is 1. The summed E-state index contributed by atoms with van der Waals surface area (Å²) >= 11 is 0. The van der Waals surface area contributed by atoms with Gasteiger partial charge < -0.3 is 14.5 Å². The first-order chi connectivity index (χ1) is 11.2. The monoisotopic (exact) mass is 312 g/mol. The van der Waals surface area contributed by atoms with Gasteiger partial charge in [0, 0.05) is 18.1 Å². The van der Waals surface area contributed by atoms with E-state index in [1.54, 1.807) is 36.7 Å². The number of amides is 1. The molecule has 1 amide bonds. The number of anilines is 1. The van der Waals surface area contributed by atoms with Crippen molar-refractivity contribution in [3.8, 4) is 5.75 Å². The summed E-state index contributed by atoms with van der Waals surface area (Å²) in [5.74, 6) is 0.508. The number of pyridine rings is 1. The average molecular weight is 312 g/mol. The van der Waals surface area contributed by atoms with Crippen LogP contribution in [0.3, 0.4) is 0 Å². The minimum atomic E-state index is -0.357. The molecule has 23 heavy (non-hydrogen) atoms. The molecule has 3 rings (SSSR count). The third kappa shape index (κ3) is 3.94. The van der Waals surface area contributed by atoms with Crippen LogP contribution in [-0.4, -0.2) is 10.9 Å². The lowest BCUT2D eigenvalue weighted by Gasteiger charge is -2.04. The van der Waals surface area contributed by atoms with Crippen molar-refractivity contribution >= 4 is 11.6 Å². The summed E-state index contributed by atoms with van der Waals surface area (Å²) in [4.78, 5) is 15.9. The first-order valence-corrected chi connectivity index (χ1v) is 6.89. The van der Waals surface area contributed by atoms with Crippen LogP contribution in [-0.2, 0) is 6.61 Å². The van der Waals surface area contributed by atoms with E-state index in [-0.39, 0.29) is 24.1 Å². The van der Waals surface area contributed by atoms with Crippen molar-refractivity contribution in [3.63, 3.8) is 0 Å². The summed E-state index contributed by atoms with van der Waals surface area (Å²) in [5, 5.41) is 2.70. The van der Waals surface area contributed by atoms with Gasteiger partial charge in [-0.2, -0.15) is 0 Å². The highest BCUT2D eigenvalue weighted by Crippen LogP contribution is 2.16. The van der Waals surface area contributed by atoms with Crippen molar-refractivity contribution in [2.24, 2.45) is 0 Å². The number of nitrogens with one attached hydrogen (secondary N) is 1. The van der Waals surface area contributed by atoms with Crippen LogP contribution in [0.2, 0.25) is 0 Å². The second kappa shape index (κ2) is 6.74. The molecule has 0 atom stereocenters. The third-order valence-corrected chi connectivity index (χ3v) is 3.02. The van der Waals surface area contributed by atoms with Gasteiger partial charge >= 0.3 is 0 Å². The van der Waals surface area contributed by atoms with E-state index in [0.29, 0.717) is 17.2 Å². The molecule has 2 heterocycles. The number of benzene rings is 1. The maximum atomic E-state index is 12.8. The molecule has 0 saturated heterocycles. The van der Waals surface area contributed by atoms with Crippen molar-refractivity contribution < 1.29 is 18.3 Å². The Balaban J connectivity index is 1.59. The molecule has 1 N–H and O–H groups in total. The van der Waals surface area contributed by atoms with E-state index in [0.717, 1.165) is 0 Å². The molecule has 6 heteroatoms. The highest BCUT2D eigenvalue weighted by Gasteiger charge is 2.11. The normalized spacial score (nSPS) is 10.3. The van der Waals surface area contributed by atoms with Gasteiger partial charge in [0.05, 0.1) is 0 Å². The molecule has 0 saturated carbocycles. The van der Waals surface area contributed by atoms with Crippen LogP contribution in [0.1, 0.15) is 16.3 Å². The van der Waals surface area contributed by atoms with E-state index in [1.807, 2.05) is 0 Å². The maximum Gasteiger partial charge on any atom is 0.291 e. The first kappa shape index (κ1) is 14.8. The number of hydrogen-bond acceptors (Lipinski definition) is 4. The number of carbonyl (C=O) groups excluding carboxylic acids is 1. The maximum absolute atomic E-state index is 12.8. The lowest BCUT2D eigenvalue weighted by molar-refractivity contribution is 0.0992. The van der Waals surface area contributed by atoms with Crippen molar-refractivity contribution in [3.05, 3.63) is 78.3 Å². The van der Waals surface area contributed by atoms with Crippen LogP contribution in [0, 0.1) is 5.82 Å². The molecule has 2 aromatic heterocycles. The van der Waals surface area contributed by atoms with Crippen LogP contribution in [0.25, 0.3) is 0 Å². The SMILES string of the molecule is O=C(Nc1ccncc1)c1ccc(COc2ccc(F)cc2)o1. The van der Waals surface area contributed by atoms with Gasteiger partial charge in [-0.05, 0) is 48.5 Å². The molecule has 3 aromatic rings. The molecule has 0 fully saturated rings. The Kier molecular flexibility index (Phi) is 4.33. The lowest BCUT2D eigenvalue weighted by atomic mass is 10.3. The van der Waals surface area contributed by atoms with E-state index in [2.05, 4.69) is 10.3 Å². The van der Waals surface area contributed by atoms with Gasteiger partial charge in [0.2, 0.25) is 0 Å². The zero-order chi connectivity index (χ0) is 16.1.